The van der Waals surface area contributed by atoms with Gasteiger partial charge in [-0.05, 0) is 6.92 Å². The van der Waals surface area contributed by atoms with Gasteiger partial charge in [0.1, 0.15) is 4.90 Å². The van der Waals surface area contributed by atoms with E-state index in [0.29, 0.717) is 12.1 Å². The van der Waals surface area contributed by atoms with Crippen LogP contribution in [0.5, 0.6) is 5.75 Å². The van der Waals surface area contributed by atoms with Gasteiger partial charge in [-0.25, -0.2) is 12.8 Å². The summed E-state index contributed by atoms with van der Waals surface area (Å²) in [6.45, 7) is 1.50. The van der Waals surface area contributed by atoms with Gasteiger partial charge in [0, 0.05) is 16.7 Å². The molecule has 1 aromatic rings. The number of nitro benzene ring substituents is 1. The molecular formula is C8H7ClFNO5S. The van der Waals surface area contributed by atoms with Crippen LogP contribution >= 0.6 is 10.7 Å². The Hall–Kier alpha value is -1.41. The fourth-order valence-electron chi connectivity index (χ4n) is 1.13. The molecule has 0 heterocycles. The summed E-state index contributed by atoms with van der Waals surface area (Å²) in [7, 11) is 0.720. The third-order valence-electron chi connectivity index (χ3n) is 1.76. The van der Waals surface area contributed by atoms with Crippen molar-refractivity contribution < 1.29 is 22.5 Å². The topological polar surface area (TPSA) is 86.5 Å². The lowest BCUT2D eigenvalue weighted by atomic mass is 10.3. The van der Waals surface area contributed by atoms with E-state index in [9.17, 15) is 22.9 Å². The molecule has 0 saturated carbocycles. The van der Waals surface area contributed by atoms with Crippen molar-refractivity contribution in [2.75, 3.05) is 6.61 Å². The lowest BCUT2D eigenvalue weighted by molar-refractivity contribution is -0.385. The molecule has 17 heavy (non-hydrogen) atoms. The summed E-state index contributed by atoms with van der Waals surface area (Å²) in [4.78, 5) is 8.78. The molecule has 0 unspecified atom stereocenters. The Kier molecular flexibility index (Phi) is 3.89. The van der Waals surface area contributed by atoms with E-state index in [2.05, 4.69) is 0 Å². The van der Waals surface area contributed by atoms with Crippen LogP contribution in [0.25, 0.3) is 0 Å². The number of halogens is 2. The molecule has 1 rings (SSSR count). The summed E-state index contributed by atoms with van der Waals surface area (Å²) < 4.78 is 40.5. The number of hydrogen-bond donors (Lipinski definition) is 0. The van der Waals surface area contributed by atoms with E-state index >= 15 is 0 Å². The zero-order valence-electron chi connectivity index (χ0n) is 8.51. The minimum absolute atomic E-state index is 0.00581. The normalized spacial score (nSPS) is 11.2. The molecule has 0 spiro atoms. The highest BCUT2D eigenvalue weighted by molar-refractivity contribution is 8.13. The van der Waals surface area contributed by atoms with Crippen molar-refractivity contribution in [3.8, 4) is 5.75 Å². The molecule has 94 valence electrons. The molecule has 0 amide bonds. The summed E-state index contributed by atoms with van der Waals surface area (Å²) in [6.07, 6.45) is 0. The number of ether oxygens (including phenoxy) is 1. The first-order valence-electron chi connectivity index (χ1n) is 4.32. The van der Waals surface area contributed by atoms with E-state index in [0.717, 1.165) is 0 Å². The van der Waals surface area contributed by atoms with Crippen molar-refractivity contribution >= 4 is 25.4 Å². The van der Waals surface area contributed by atoms with Crippen molar-refractivity contribution in [3.63, 3.8) is 0 Å². The standard InChI is InChI=1S/C8H7ClFNO5S/c1-2-16-8-6(10)3-5(11(12)13)4-7(8)17(9,14)15/h3-4H,2H2,1H3. The first-order chi connectivity index (χ1) is 7.77. The summed E-state index contributed by atoms with van der Waals surface area (Å²) in [5, 5.41) is 10.5. The summed E-state index contributed by atoms with van der Waals surface area (Å²) in [6, 6.07) is 1.22. The predicted molar refractivity (Wildman–Crippen MR) is 57.3 cm³/mol. The maximum atomic E-state index is 13.4. The van der Waals surface area contributed by atoms with Crippen LogP contribution in [0.4, 0.5) is 10.1 Å². The Bertz CT molecular complexity index is 559. The van der Waals surface area contributed by atoms with Crippen LogP contribution in [0, 0.1) is 15.9 Å². The first-order valence-corrected chi connectivity index (χ1v) is 6.63. The molecule has 0 N–H and O–H groups in total. The second-order valence-electron chi connectivity index (χ2n) is 2.88. The van der Waals surface area contributed by atoms with E-state index in [1.54, 1.807) is 0 Å². The van der Waals surface area contributed by atoms with Gasteiger partial charge in [-0.2, -0.15) is 0 Å². The zero-order chi connectivity index (χ0) is 13.2. The van der Waals surface area contributed by atoms with Gasteiger partial charge < -0.3 is 4.74 Å². The van der Waals surface area contributed by atoms with Crippen molar-refractivity contribution in [2.45, 2.75) is 11.8 Å². The molecular weight excluding hydrogens is 277 g/mol. The number of rotatable bonds is 4. The average Bonchev–Trinajstić information content (AvgIpc) is 2.18. The number of benzene rings is 1. The van der Waals surface area contributed by atoms with Gasteiger partial charge in [-0.3, -0.25) is 10.1 Å². The fraction of sp³-hybridized carbons (Fsp3) is 0.250. The Morgan fingerprint density at radius 1 is 1.53 bits per heavy atom. The summed E-state index contributed by atoms with van der Waals surface area (Å²) in [5.74, 6) is -1.77. The lowest BCUT2D eigenvalue weighted by Crippen LogP contribution is -2.03. The van der Waals surface area contributed by atoms with Crippen LogP contribution in [-0.4, -0.2) is 19.9 Å². The summed E-state index contributed by atoms with van der Waals surface area (Å²) >= 11 is 0. The van der Waals surface area contributed by atoms with Crippen LogP contribution in [0.2, 0.25) is 0 Å². The molecule has 6 nitrogen and oxygen atoms in total. The summed E-state index contributed by atoms with van der Waals surface area (Å²) in [5.41, 5.74) is -0.717. The van der Waals surface area contributed by atoms with E-state index in [1.165, 1.54) is 6.92 Å². The monoisotopic (exact) mass is 283 g/mol. The number of hydrogen-bond acceptors (Lipinski definition) is 5. The quantitative estimate of drug-likeness (QED) is 0.479. The minimum atomic E-state index is -4.33. The number of non-ortho nitro benzene ring substituents is 1. The predicted octanol–water partition coefficient (Wildman–Crippen LogP) is 2.06. The average molecular weight is 284 g/mol. The van der Waals surface area contributed by atoms with Crippen LogP contribution < -0.4 is 4.74 Å². The highest BCUT2D eigenvalue weighted by Crippen LogP contribution is 2.33. The second kappa shape index (κ2) is 4.84. The second-order valence-corrected chi connectivity index (χ2v) is 5.42. The van der Waals surface area contributed by atoms with Gasteiger partial charge in [0.25, 0.3) is 14.7 Å². The fourth-order valence-corrected chi connectivity index (χ4v) is 2.11. The van der Waals surface area contributed by atoms with E-state index in [1.807, 2.05) is 0 Å². The van der Waals surface area contributed by atoms with Crippen LogP contribution in [0.1, 0.15) is 6.92 Å². The number of nitrogens with zero attached hydrogens (tertiary/aromatic N) is 1. The maximum Gasteiger partial charge on any atom is 0.273 e. The Morgan fingerprint density at radius 3 is 2.53 bits per heavy atom. The van der Waals surface area contributed by atoms with E-state index in [4.69, 9.17) is 15.4 Å². The third-order valence-corrected chi connectivity index (χ3v) is 3.08. The molecule has 0 bridgehead atoms. The van der Waals surface area contributed by atoms with Crippen molar-refractivity contribution in [1.29, 1.82) is 0 Å². The zero-order valence-corrected chi connectivity index (χ0v) is 10.1. The van der Waals surface area contributed by atoms with Gasteiger partial charge in [0.2, 0.25) is 0 Å². The smallest absolute Gasteiger partial charge is 0.273 e. The number of nitro groups is 1. The van der Waals surface area contributed by atoms with E-state index in [-0.39, 0.29) is 6.61 Å². The molecule has 0 aliphatic heterocycles. The highest BCUT2D eigenvalue weighted by atomic mass is 35.7. The molecule has 0 atom stereocenters. The Balaban J connectivity index is 3.56. The molecule has 0 fully saturated rings. The minimum Gasteiger partial charge on any atom is -0.489 e. The molecule has 0 saturated heterocycles. The van der Waals surface area contributed by atoms with Crippen LogP contribution in [0.3, 0.4) is 0 Å². The van der Waals surface area contributed by atoms with Crippen molar-refractivity contribution in [3.05, 3.63) is 28.1 Å². The maximum absolute atomic E-state index is 13.4. The third kappa shape index (κ3) is 3.04. The van der Waals surface area contributed by atoms with E-state index < -0.39 is 36.1 Å². The van der Waals surface area contributed by atoms with Crippen LogP contribution in [0.15, 0.2) is 17.0 Å². The first kappa shape index (κ1) is 13.7. The SMILES string of the molecule is CCOc1c(F)cc([N+](=O)[O-])cc1S(=O)(=O)Cl. The van der Waals surface area contributed by atoms with Crippen molar-refractivity contribution in [1.82, 2.24) is 0 Å². The van der Waals surface area contributed by atoms with Crippen LogP contribution in [-0.2, 0) is 9.05 Å². The van der Waals surface area contributed by atoms with Gasteiger partial charge >= 0.3 is 0 Å². The Labute approximate surface area is 101 Å². The molecule has 0 aliphatic carbocycles. The van der Waals surface area contributed by atoms with Gasteiger partial charge in [0.15, 0.2) is 11.6 Å². The van der Waals surface area contributed by atoms with Gasteiger partial charge in [0.05, 0.1) is 17.6 Å². The molecule has 9 heteroatoms. The van der Waals surface area contributed by atoms with Gasteiger partial charge in [-0.1, -0.05) is 0 Å². The molecule has 0 radical (unpaired) electrons. The lowest BCUT2D eigenvalue weighted by Gasteiger charge is -2.08. The van der Waals surface area contributed by atoms with Gasteiger partial charge in [-0.15, -0.1) is 0 Å². The molecule has 0 aromatic heterocycles. The van der Waals surface area contributed by atoms with Crippen molar-refractivity contribution in [2.24, 2.45) is 0 Å². The highest BCUT2D eigenvalue weighted by Gasteiger charge is 2.25. The molecule has 1 aromatic carbocycles. The molecule has 0 aliphatic rings. The Morgan fingerprint density at radius 2 is 2.12 bits per heavy atom. The largest absolute Gasteiger partial charge is 0.489 e.